The van der Waals surface area contributed by atoms with E-state index < -0.39 is 5.41 Å². The average molecular weight is 527 g/mol. The van der Waals surface area contributed by atoms with Crippen LogP contribution >= 0.6 is 39.5 Å². The van der Waals surface area contributed by atoms with Crippen LogP contribution in [0.5, 0.6) is 0 Å². The van der Waals surface area contributed by atoms with Crippen molar-refractivity contribution in [3.8, 4) is 6.07 Å². The number of rotatable bonds is 4. The van der Waals surface area contributed by atoms with E-state index in [1.807, 2.05) is 6.07 Å². The van der Waals surface area contributed by atoms with Crippen LogP contribution in [0, 0.1) is 27.6 Å². The Morgan fingerprint density at radius 3 is 2.50 bits per heavy atom. The Kier molecular flexibility index (Phi) is 6.27. The molecule has 1 fully saturated rings. The average Bonchev–Trinajstić information content (AvgIpc) is 3.44. The topological polar surface area (TPSA) is 89.3 Å². The quantitative estimate of drug-likeness (QED) is 0.214. The third-order valence-electron chi connectivity index (χ3n) is 5.63. The Morgan fingerprint density at radius 1 is 1.22 bits per heavy atom. The molecule has 0 atom stereocenters. The molecule has 0 bridgehead atoms. The van der Waals surface area contributed by atoms with Crippen LogP contribution in [0.3, 0.4) is 0 Å². The molecule has 8 heteroatoms. The highest BCUT2D eigenvalue weighted by atomic mass is 79.9. The van der Waals surface area contributed by atoms with Gasteiger partial charge in [0.15, 0.2) is 5.17 Å². The van der Waals surface area contributed by atoms with Crippen molar-refractivity contribution in [1.29, 1.82) is 16.1 Å². The molecule has 1 saturated carbocycles. The fraction of sp³-hybridized carbons (Fsp3) is 0.333. The van der Waals surface area contributed by atoms with E-state index in [0.29, 0.717) is 12.8 Å². The highest BCUT2D eigenvalue weighted by Gasteiger charge is 2.48. The van der Waals surface area contributed by atoms with Gasteiger partial charge in [-0.05, 0) is 69.2 Å². The fourth-order valence-electron chi connectivity index (χ4n) is 3.32. The minimum absolute atomic E-state index is 0.137. The highest BCUT2D eigenvalue weighted by Crippen LogP contribution is 2.49. The molecule has 0 spiro atoms. The van der Waals surface area contributed by atoms with Crippen molar-refractivity contribution in [3.05, 3.63) is 58.2 Å². The first-order chi connectivity index (χ1) is 15.1. The molecule has 164 valence electrons. The number of nitrogens with zero attached hydrogens (tertiary/aromatic N) is 3. The zero-order valence-corrected chi connectivity index (χ0v) is 21.4. The summed E-state index contributed by atoms with van der Waals surface area (Å²) in [4.78, 5) is 1.08. The molecule has 5 nitrogen and oxygen atoms in total. The lowest BCUT2D eigenvalue weighted by Gasteiger charge is -2.19. The van der Waals surface area contributed by atoms with Crippen LogP contribution in [0.25, 0.3) is 10.9 Å². The van der Waals surface area contributed by atoms with Gasteiger partial charge in [0.25, 0.3) is 0 Å². The molecule has 0 aliphatic heterocycles. The van der Waals surface area contributed by atoms with Crippen LogP contribution in [-0.2, 0) is 11.2 Å². The van der Waals surface area contributed by atoms with E-state index in [-0.39, 0.29) is 15.6 Å². The Bertz CT molecular complexity index is 1240. The maximum absolute atomic E-state index is 9.32. The first-order valence-electron chi connectivity index (χ1n) is 10.3. The second kappa shape index (κ2) is 8.69. The second-order valence-corrected chi connectivity index (χ2v) is 12.0. The van der Waals surface area contributed by atoms with Crippen LogP contribution in [0.1, 0.15) is 44.7 Å². The number of nitrogens with one attached hydrogen (secondary N) is 2. The van der Waals surface area contributed by atoms with Gasteiger partial charge in [-0.3, -0.25) is 10.8 Å². The van der Waals surface area contributed by atoms with E-state index in [4.69, 9.17) is 10.8 Å². The van der Waals surface area contributed by atoms with E-state index in [9.17, 15) is 5.26 Å². The maximum Gasteiger partial charge on any atom is 0.187 e. The number of halogens is 1. The van der Waals surface area contributed by atoms with Gasteiger partial charge in [-0.15, -0.1) is 11.8 Å². The molecule has 0 amide bonds. The minimum atomic E-state index is -0.690. The van der Waals surface area contributed by atoms with Gasteiger partial charge in [0.05, 0.1) is 22.8 Å². The summed E-state index contributed by atoms with van der Waals surface area (Å²) in [5.74, 6) is 0.845. The summed E-state index contributed by atoms with van der Waals surface area (Å²) < 4.78 is 2.48. The van der Waals surface area contributed by atoms with Gasteiger partial charge in [0.2, 0.25) is 0 Å². The highest BCUT2D eigenvalue weighted by molar-refractivity contribution is 9.10. The van der Waals surface area contributed by atoms with Gasteiger partial charge in [-0.25, -0.2) is 4.68 Å². The largest absolute Gasteiger partial charge is 0.296 e. The van der Waals surface area contributed by atoms with Crippen molar-refractivity contribution >= 4 is 60.6 Å². The van der Waals surface area contributed by atoms with Crippen LogP contribution < -0.4 is 0 Å². The molecule has 2 N–H and O–H groups in total. The predicted octanol–water partition coefficient (Wildman–Crippen LogP) is 7.19. The lowest BCUT2D eigenvalue weighted by atomic mass is 9.87. The first-order valence-corrected chi connectivity index (χ1v) is 12.9. The Hall–Kier alpha value is -2.08. The third-order valence-corrected chi connectivity index (χ3v) is 8.29. The summed E-state index contributed by atoms with van der Waals surface area (Å²) in [6, 6.07) is 15.1. The van der Waals surface area contributed by atoms with Crippen molar-refractivity contribution in [2.24, 2.45) is 5.41 Å². The number of fused-ring (bicyclic) bond motifs is 1. The van der Waals surface area contributed by atoms with Gasteiger partial charge in [0, 0.05) is 20.5 Å². The summed E-state index contributed by atoms with van der Waals surface area (Å²) >= 11 is 6.39. The summed E-state index contributed by atoms with van der Waals surface area (Å²) in [5, 5.41) is 31.7. The van der Waals surface area contributed by atoms with E-state index >= 15 is 0 Å². The normalized spacial score (nSPS) is 14.8. The molecule has 32 heavy (non-hydrogen) atoms. The van der Waals surface area contributed by atoms with Gasteiger partial charge >= 0.3 is 0 Å². The van der Waals surface area contributed by atoms with Gasteiger partial charge in [-0.1, -0.05) is 45.0 Å². The Morgan fingerprint density at radius 2 is 1.91 bits per heavy atom. The van der Waals surface area contributed by atoms with Gasteiger partial charge in [-0.2, -0.15) is 10.4 Å². The van der Waals surface area contributed by atoms with Crippen LogP contribution in [0.2, 0.25) is 0 Å². The maximum atomic E-state index is 9.32. The van der Waals surface area contributed by atoms with Crippen molar-refractivity contribution in [2.75, 3.05) is 0 Å². The molecule has 1 aliphatic carbocycles. The van der Waals surface area contributed by atoms with Crippen LogP contribution in [0.4, 0.5) is 0 Å². The number of benzene rings is 2. The van der Waals surface area contributed by atoms with E-state index in [0.717, 1.165) is 37.8 Å². The molecule has 1 aromatic heterocycles. The van der Waals surface area contributed by atoms with E-state index in [1.165, 1.54) is 11.1 Å². The van der Waals surface area contributed by atoms with Crippen molar-refractivity contribution < 1.29 is 0 Å². The molecule has 2 aromatic carbocycles. The van der Waals surface area contributed by atoms with Crippen molar-refractivity contribution in [2.45, 2.75) is 49.7 Å². The zero-order chi connectivity index (χ0) is 23.1. The fourth-order valence-corrected chi connectivity index (χ4v) is 5.82. The van der Waals surface area contributed by atoms with Crippen molar-refractivity contribution in [1.82, 2.24) is 9.78 Å². The minimum Gasteiger partial charge on any atom is -0.296 e. The van der Waals surface area contributed by atoms with Crippen LogP contribution in [-0.4, -0.2) is 20.0 Å². The lowest BCUT2D eigenvalue weighted by molar-refractivity contribution is 0.590. The lowest BCUT2D eigenvalue weighted by Crippen LogP contribution is -2.16. The number of thioether (sulfide) groups is 2. The molecule has 0 radical (unpaired) electrons. The molecule has 1 aliphatic rings. The summed E-state index contributed by atoms with van der Waals surface area (Å²) in [7, 11) is 0. The molecule has 3 aromatic rings. The standard InChI is InChI=1S/C24H24BrN5S2/c1-23(2,3)16-6-4-15(5-7-16)13-31-17-10-19(25)18-12-29-30(20(18)11-17)22(28)32-21(27)24(14-26)8-9-24/h4-7,10-12,27-28H,8-9,13H2,1-3H3. The third kappa shape index (κ3) is 4.66. The molecule has 1 heterocycles. The number of hydrogen-bond acceptors (Lipinski definition) is 6. The molecular formula is C24H24BrN5S2. The summed E-state index contributed by atoms with van der Waals surface area (Å²) in [6.07, 6.45) is 3.13. The van der Waals surface area contributed by atoms with Gasteiger partial charge < -0.3 is 0 Å². The Labute approximate surface area is 205 Å². The zero-order valence-electron chi connectivity index (χ0n) is 18.2. The monoisotopic (exact) mass is 525 g/mol. The smallest absolute Gasteiger partial charge is 0.187 e. The first kappa shape index (κ1) is 23.1. The number of aromatic nitrogens is 2. The number of nitriles is 1. The Balaban J connectivity index is 1.52. The van der Waals surface area contributed by atoms with Crippen LogP contribution in [0.15, 0.2) is 52.0 Å². The second-order valence-electron chi connectivity index (χ2n) is 9.06. The molecule has 0 unspecified atom stereocenters. The predicted molar refractivity (Wildman–Crippen MR) is 138 cm³/mol. The van der Waals surface area contributed by atoms with E-state index in [2.05, 4.69) is 78.2 Å². The summed E-state index contributed by atoms with van der Waals surface area (Å²) in [6.45, 7) is 6.65. The van der Waals surface area contributed by atoms with E-state index in [1.54, 1.807) is 22.6 Å². The van der Waals surface area contributed by atoms with Gasteiger partial charge in [0.1, 0.15) is 5.41 Å². The molecular weight excluding hydrogens is 502 g/mol. The SMILES string of the molecule is CC(C)(C)c1ccc(CSc2cc(Br)c3cnn(C(=N)SC(=N)C4(C#N)CC4)c3c2)cc1. The van der Waals surface area contributed by atoms with Crippen molar-refractivity contribution in [3.63, 3.8) is 0 Å². The molecule has 4 rings (SSSR count). The number of hydrogen-bond donors (Lipinski definition) is 2. The molecule has 0 saturated heterocycles. The summed E-state index contributed by atoms with van der Waals surface area (Å²) in [5.41, 5.74) is 2.85.